The molecule has 0 radical (unpaired) electrons. The summed E-state index contributed by atoms with van der Waals surface area (Å²) in [6.07, 6.45) is 0. The molecule has 6 nitrogen and oxygen atoms in total. The van der Waals surface area contributed by atoms with Crippen LogP contribution in [0.2, 0.25) is 0 Å². The largest absolute Gasteiger partial charge is 0.495 e. The summed E-state index contributed by atoms with van der Waals surface area (Å²) < 4.78 is 5.15. The maximum absolute atomic E-state index is 12.3. The Labute approximate surface area is 164 Å². The van der Waals surface area contributed by atoms with Gasteiger partial charge < -0.3 is 20.5 Å². The van der Waals surface area contributed by atoms with Crippen molar-refractivity contribution in [1.82, 2.24) is 5.32 Å². The lowest BCUT2D eigenvalue weighted by Gasteiger charge is -2.26. The molecule has 0 fully saturated rings. The van der Waals surface area contributed by atoms with Crippen LogP contribution < -0.4 is 15.4 Å². The van der Waals surface area contributed by atoms with Crippen molar-refractivity contribution in [2.24, 2.45) is 0 Å². The molecule has 8 heteroatoms. The van der Waals surface area contributed by atoms with Gasteiger partial charge in [0, 0.05) is 9.75 Å². The summed E-state index contributed by atoms with van der Waals surface area (Å²) in [7, 11) is 1.48. The second-order valence-corrected chi connectivity index (χ2v) is 7.55. The molecule has 3 rings (SSSR count). The number of aliphatic hydroxyl groups is 1. The van der Waals surface area contributed by atoms with Crippen molar-refractivity contribution in [3.8, 4) is 5.75 Å². The van der Waals surface area contributed by atoms with Gasteiger partial charge in [-0.1, -0.05) is 24.3 Å². The normalized spacial score (nSPS) is 11.0. The topological polar surface area (TPSA) is 87.7 Å². The van der Waals surface area contributed by atoms with Crippen LogP contribution in [-0.4, -0.2) is 30.6 Å². The van der Waals surface area contributed by atoms with E-state index in [2.05, 4.69) is 10.6 Å². The van der Waals surface area contributed by atoms with Crippen LogP contribution in [0, 0.1) is 0 Å². The van der Waals surface area contributed by atoms with E-state index in [-0.39, 0.29) is 6.54 Å². The van der Waals surface area contributed by atoms with E-state index < -0.39 is 17.4 Å². The lowest BCUT2D eigenvalue weighted by atomic mass is 10.00. The summed E-state index contributed by atoms with van der Waals surface area (Å²) in [6, 6.07) is 14.1. The molecule has 0 aliphatic heterocycles. The Hall–Kier alpha value is -2.68. The highest BCUT2D eigenvalue weighted by Crippen LogP contribution is 2.35. The summed E-state index contributed by atoms with van der Waals surface area (Å²) in [5.41, 5.74) is -0.991. The number of rotatable bonds is 6. The van der Waals surface area contributed by atoms with E-state index in [4.69, 9.17) is 4.74 Å². The molecule has 2 heterocycles. The fourth-order valence-electron chi connectivity index (χ4n) is 2.54. The van der Waals surface area contributed by atoms with Gasteiger partial charge in [0.1, 0.15) is 11.4 Å². The Morgan fingerprint density at radius 3 is 2.19 bits per heavy atom. The number of thiophene rings is 2. The molecule has 27 heavy (non-hydrogen) atoms. The van der Waals surface area contributed by atoms with E-state index >= 15 is 0 Å². The van der Waals surface area contributed by atoms with Gasteiger partial charge in [0.05, 0.1) is 19.3 Å². The molecule has 0 spiro atoms. The van der Waals surface area contributed by atoms with Crippen LogP contribution in [0.4, 0.5) is 5.69 Å². The molecule has 0 aliphatic rings. The molecule has 2 amide bonds. The van der Waals surface area contributed by atoms with Crippen LogP contribution in [0.25, 0.3) is 0 Å². The number of ether oxygens (including phenoxy) is 1. The van der Waals surface area contributed by atoms with Crippen molar-refractivity contribution in [2.75, 3.05) is 19.0 Å². The average Bonchev–Trinajstić information content (AvgIpc) is 3.40. The zero-order valence-electron chi connectivity index (χ0n) is 14.5. The Balaban J connectivity index is 1.70. The first kappa shape index (κ1) is 19.1. The number of benzene rings is 1. The highest BCUT2D eigenvalue weighted by molar-refractivity contribution is 7.11. The molecule has 1 aromatic carbocycles. The Morgan fingerprint density at radius 2 is 1.63 bits per heavy atom. The zero-order valence-corrected chi connectivity index (χ0v) is 16.1. The lowest BCUT2D eigenvalue weighted by Crippen LogP contribution is -2.44. The summed E-state index contributed by atoms with van der Waals surface area (Å²) in [5.74, 6) is -1.22. The van der Waals surface area contributed by atoms with Crippen LogP contribution in [0.1, 0.15) is 9.75 Å². The Morgan fingerprint density at radius 1 is 1.00 bits per heavy atom. The Kier molecular flexibility index (Phi) is 5.90. The highest BCUT2D eigenvalue weighted by atomic mass is 32.1. The van der Waals surface area contributed by atoms with Gasteiger partial charge in [-0.3, -0.25) is 9.59 Å². The number of methoxy groups -OCH3 is 1. The van der Waals surface area contributed by atoms with Crippen molar-refractivity contribution in [3.05, 3.63) is 69.0 Å². The predicted octanol–water partition coefficient (Wildman–Crippen LogP) is 2.81. The van der Waals surface area contributed by atoms with E-state index in [1.54, 1.807) is 36.4 Å². The second kappa shape index (κ2) is 8.34. The standard InChI is InChI=1S/C19H18N2O4S2/c1-25-14-7-3-2-6-13(14)21-18(23)17(22)20-12-19(24,15-8-4-10-26-15)16-9-5-11-27-16/h2-11,24H,12H2,1H3,(H,20,22)(H,21,23). The molecule has 0 atom stereocenters. The predicted molar refractivity (Wildman–Crippen MR) is 106 cm³/mol. The molecule has 3 N–H and O–H groups in total. The number of para-hydroxylation sites is 2. The minimum Gasteiger partial charge on any atom is -0.495 e. The first-order chi connectivity index (χ1) is 13.0. The second-order valence-electron chi connectivity index (χ2n) is 5.65. The number of amides is 2. The molecular formula is C19H18N2O4S2. The first-order valence-corrected chi connectivity index (χ1v) is 9.83. The number of carbonyl (C=O) groups excluding carboxylic acids is 2. The number of nitrogens with one attached hydrogen (secondary N) is 2. The molecule has 0 bridgehead atoms. The van der Waals surface area contributed by atoms with Crippen LogP contribution in [0.15, 0.2) is 59.3 Å². The van der Waals surface area contributed by atoms with Gasteiger partial charge in [-0.05, 0) is 35.0 Å². The SMILES string of the molecule is COc1ccccc1NC(=O)C(=O)NCC(O)(c1cccs1)c1cccs1. The lowest BCUT2D eigenvalue weighted by molar-refractivity contribution is -0.136. The van der Waals surface area contributed by atoms with Crippen LogP contribution in [0.3, 0.4) is 0 Å². The number of hydrogen-bond acceptors (Lipinski definition) is 6. The smallest absolute Gasteiger partial charge is 0.313 e. The molecule has 0 aliphatic carbocycles. The molecule has 0 saturated heterocycles. The minimum absolute atomic E-state index is 0.119. The fraction of sp³-hybridized carbons (Fsp3) is 0.158. The summed E-state index contributed by atoms with van der Waals surface area (Å²) in [5, 5.41) is 19.9. The Bertz CT molecular complexity index is 873. The van der Waals surface area contributed by atoms with Crippen LogP contribution in [-0.2, 0) is 15.2 Å². The van der Waals surface area contributed by atoms with Gasteiger partial charge in [-0.25, -0.2) is 0 Å². The number of hydrogen-bond donors (Lipinski definition) is 3. The molecular weight excluding hydrogens is 384 g/mol. The third kappa shape index (κ3) is 4.19. The van der Waals surface area contributed by atoms with Crippen LogP contribution in [0.5, 0.6) is 5.75 Å². The molecule has 2 aromatic heterocycles. The molecule has 3 aromatic rings. The van der Waals surface area contributed by atoms with Crippen molar-refractivity contribution in [3.63, 3.8) is 0 Å². The van der Waals surface area contributed by atoms with E-state index in [9.17, 15) is 14.7 Å². The quantitative estimate of drug-likeness (QED) is 0.553. The zero-order chi connectivity index (χ0) is 19.3. The van der Waals surface area contributed by atoms with Gasteiger partial charge in [0.2, 0.25) is 0 Å². The summed E-state index contributed by atoms with van der Waals surface area (Å²) >= 11 is 2.77. The summed E-state index contributed by atoms with van der Waals surface area (Å²) in [4.78, 5) is 25.9. The van der Waals surface area contributed by atoms with Crippen molar-refractivity contribution in [2.45, 2.75) is 5.60 Å². The van der Waals surface area contributed by atoms with E-state index in [0.29, 0.717) is 21.2 Å². The summed E-state index contributed by atoms with van der Waals surface area (Å²) in [6.45, 7) is -0.119. The van der Waals surface area contributed by atoms with Crippen molar-refractivity contribution >= 4 is 40.2 Å². The average molecular weight is 402 g/mol. The highest BCUT2D eigenvalue weighted by Gasteiger charge is 2.35. The number of anilines is 1. The van der Waals surface area contributed by atoms with Gasteiger partial charge in [0.15, 0.2) is 0 Å². The van der Waals surface area contributed by atoms with Crippen LogP contribution >= 0.6 is 22.7 Å². The van der Waals surface area contributed by atoms with E-state index in [1.807, 2.05) is 22.9 Å². The first-order valence-electron chi connectivity index (χ1n) is 8.07. The maximum Gasteiger partial charge on any atom is 0.313 e. The molecule has 0 unspecified atom stereocenters. The number of carbonyl (C=O) groups is 2. The fourth-order valence-corrected chi connectivity index (χ4v) is 4.28. The molecule has 0 saturated carbocycles. The van der Waals surface area contributed by atoms with Gasteiger partial charge in [0.25, 0.3) is 0 Å². The van der Waals surface area contributed by atoms with Crippen molar-refractivity contribution < 1.29 is 19.4 Å². The van der Waals surface area contributed by atoms with Crippen molar-refractivity contribution in [1.29, 1.82) is 0 Å². The van der Waals surface area contributed by atoms with E-state index in [1.165, 1.54) is 29.8 Å². The van der Waals surface area contributed by atoms with E-state index in [0.717, 1.165) is 0 Å². The van der Waals surface area contributed by atoms with Gasteiger partial charge >= 0.3 is 11.8 Å². The van der Waals surface area contributed by atoms with Gasteiger partial charge in [-0.15, -0.1) is 22.7 Å². The molecule has 140 valence electrons. The third-order valence-corrected chi connectivity index (χ3v) is 5.97. The minimum atomic E-state index is -1.39. The third-order valence-electron chi connectivity index (χ3n) is 3.92. The van der Waals surface area contributed by atoms with Gasteiger partial charge in [-0.2, -0.15) is 0 Å². The maximum atomic E-state index is 12.3. The monoisotopic (exact) mass is 402 g/mol.